The number of hydrogen-bond donors (Lipinski definition) is 1. The molecule has 0 unspecified atom stereocenters. The van der Waals surface area contributed by atoms with Crippen LogP contribution in [0.4, 0.5) is 0 Å². The quantitative estimate of drug-likeness (QED) is 0.542. The van der Waals surface area contributed by atoms with Crippen LogP contribution in [0.3, 0.4) is 0 Å². The van der Waals surface area contributed by atoms with Crippen molar-refractivity contribution in [3.05, 3.63) is 12.4 Å². The van der Waals surface area contributed by atoms with Gasteiger partial charge >= 0.3 is 0 Å². The Balaban J connectivity index is 2.64. The fraction of sp³-hybridized carbons (Fsp3) is 0.667. The van der Waals surface area contributed by atoms with Crippen LogP contribution in [0.2, 0.25) is 0 Å². The van der Waals surface area contributed by atoms with Crippen molar-refractivity contribution in [2.45, 2.75) is 0 Å². The maximum absolute atomic E-state index is 11.4. The van der Waals surface area contributed by atoms with Crippen LogP contribution in [0.25, 0.3) is 0 Å². The first kappa shape index (κ1) is 7.60. The smallest absolute Gasteiger partial charge is 0.1000 e. The Bertz CT molecular complexity index is 196. The number of hydrogen-bond acceptors (Lipinski definition) is 2. The summed E-state index contributed by atoms with van der Waals surface area (Å²) in [6, 6.07) is 0. The van der Waals surface area contributed by atoms with E-state index in [2.05, 4.69) is 0 Å². The Morgan fingerprint density at radius 2 is 2.00 bits per heavy atom. The second-order valence-electron chi connectivity index (χ2n) is 2.93. The van der Waals surface area contributed by atoms with Gasteiger partial charge in [-0.1, -0.05) is 0 Å². The molecule has 0 radical (unpaired) electrons. The zero-order valence-electron chi connectivity index (χ0n) is 6.61. The van der Waals surface area contributed by atoms with Gasteiger partial charge in [-0.05, 0) is 10.1 Å². The molecule has 0 bridgehead atoms. The van der Waals surface area contributed by atoms with E-state index in [4.69, 9.17) is 0 Å². The van der Waals surface area contributed by atoms with Crippen molar-refractivity contribution in [1.29, 1.82) is 0 Å². The summed E-state index contributed by atoms with van der Waals surface area (Å²) in [6.07, 6.45) is 7.35. The molecule has 0 spiro atoms. The van der Waals surface area contributed by atoms with Crippen molar-refractivity contribution in [1.82, 2.24) is 9.21 Å². The minimum atomic E-state index is -2.05. The molecule has 10 heavy (non-hydrogen) atoms. The van der Waals surface area contributed by atoms with Crippen LogP contribution in [0.15, 0.2) is 12.4 Å². The first-order valence-corrected chi connectivity index (χ1v) is 5.76. The predicted octanol–water partition coefficient (Wildman–Crippen LogP) is -0.146. The van der Waals surface area contributed by atoms with E-state index < -0.39 is 10.1 Å². The van der Waals surface area contributed by atoms with E-state index in [0.717, 1.165) is 6.67 Å². The van der Waals surface area contributed by atoms with E-state index in [1.807, 2.05) is 28.7 Å². The van der Waals surface area contributed by atoms with Gasteiger partial charge in [-0.2, -0.15) is 0 Å². The SMILES string of the molecule is CN1C=CN([SH](C)(C)=O)C1. The van der Waals surface area contributed by atoms with E-state index in [0.29, 0.717) is 0 Å². The minimum absolute atomic E-state index is 0.754. The van der Waals surface area contributed by atoms with Crippen LogP contribution in [0.5, 0.6) is 0 Å². The number of thiol groups is 1. The molecule has 0 amide bonds. The fourth-order valence-electron chi connectivity index (χ4n) is 0.826. The molecule has 0 aromatic carbocycles. The summed E-state index contributed by atoms with van der Waals surface area (Å²) < 4.78 is 13.3. The topological polar surface area (TPSA) is 23.6 Å². The van der Waals surface area contributed by atoms with Crippen LogP contribution < -0.4 is 0 Å². The molecule has 60 valence electrons. The molecule has 0 aromatic heterocycles. The van der Waals surface area contributed by atoms with E-state index >= 15 is 0 Å². The zero-order valence-corrected chi connectivity index (χ0v) is 7.51. The third-order valence-corrected chi connectivity index (χ3v) is 2.98. The second-order valence-corrected chi connectivity index (χ2v) is 6.03. The lowest BCUT2D eigenvalue weighted by atomic mass is 10.9. The van der Waals surface area contributed by atoms with Gasteiger partial charge in [0, 0.05) is 32.0 Å². The fourth-order valence-corrected chi connectivity index (χ4v) is 1.71. The average Bonchev–Trinajstić information content (AvgIpc) is 2.11. The van der Waals surface area contributed by atoms with Crippen LogP contribution in [-0.4, -0.2) is 39.6 Å². The van der Waals surface area contributed by atoms with Gasteiger partial charge < -0.3 is 9.21 Å². The van der Waals surface area contributed by atoms with Gasteiger partial charge in [0.15, 0.2) is 0 Å². The molecular weight excluding hydrogens is 148 g/mol. The summed E-state index contributed by atoms with van der Waals surface area (Å²) in [5.74, 6) is 0. The Hall–Kier alpha value is -0.510. The summed E-state index contributed by atoms with van der Waals surface area (Å²) in [5, 5.41) is 0. The summed E-state index contributed by atoms with van der Waals surface area (Å²) in [5.41, 5.74) is 0. The molecule has 1 rings (SSSR count). The first-order chi connectivity index (χ1) is 4.50. The van der Waals surface area contributed by atoms with Gasteiger partial charge in [0.1, 0.15) is 0 Å². The van der Waals surface area contributed by atoms with E-state index in [-0.39, 0.29) is 0 Å². The molecule has 0 saturated heterocycles. The van der Waals surface area contributed by atoms with Gasteiger partial charge in [0.05, 0.1) is 6.67 Å². The Labute approximate surface area is 62.9 Å². The van der Waals surface area contributed by atoms with Gasteiger partial charge in [-0.15, -0.1) is 0 Å². The zero-order chi connectivity index (χ0) is 7.78. The van der Waals surface area contributed by atoms with Crippen LogP contribution in [-0.2, 0) is 10.1 Å². The molecule has 0 aromatic rings. The van der Waals surface area contributed by atoms with Crippen LogP contribution >= 0.6 is 0 Å². The van der Waals surface area contributed by atoms with Gasteiger partial charge in [-0.3, -0.25) is 4.21 Å². The third-order valence-electron chi connectivity index (χ3n) is 1.48. The molecule has 1 aliphatic rings. The molecule has 3 nitrogen and oxygen atoms in total. The third kappa shape index (κ3) is 1.50. The summed E-state index contributed by atoms with van der Waals surface area (Å²) >= 11 is 0. The normalized spacial score (nSPS) is 20.3. The lowest BCUT2D eigenvalue weighted by Gasteiger charge is -2.26. The molecule has 0 atom stereocenters. The molecule has 1 heterocycles. The summed E-state index contributed by atoms with van der Waals surface area (Å²) in [6.45, 7) is 0.754. The maximum Gasteiger partial charge on any atom is 0.1000 e. The standard InChI is InChI=1S/C6H14N2OS/c1-7-4-5-8(6-7)10(2,3)9/h4-5,10H,6H2,1-3H3. The highest BCUT2D eigenvalue weighted by Gasteiger charge is 2.14. The van der Waals surface area contributed by atoms with E-state index in [1.165, 1.54) is 0 Å². The van der Waals surface area contributed by atoms with E-state index in [9.17, 15) is 4.21 Å². The van der Waals surface area contributed by atoms with Gasteiger partial charge in [0.2, 0.25) is 0 Å². The largest absolute Gasteiger partial charge is 0.361 e. The van der Waals surface area contributed by atoms with Crippen molar-refractivity contribution < 1.29 is 4.21 Å². The highest BCUT2D eigenvalue weighted by atomic mass is 32.3. The number of rotatable bonds is 1. The van der Waals surface area contributed by atoms with Gasteiger partial charge in [0.25, 0.3) is 0 Å². The van der Waals surface area contributed by atoms with Gasteiger partial charge in [-0.25, -0.2) is 0 Å². The Morgan fingerprint density at radius 1 is 1.40 bits per heavy atom. The van der Waals surface area contributed by atoms with Crippen molar-refractivity contribution >= 4 is 10.1 Å². The molecule has 4 heteroatoms. The Morgan fingerprint density at radius 3 is 2.20 bits per heavy atom. The molecular formula is C6H14N2OS. The second kappa shape index (κ2) is 2.27. The van der Waals surface area contributed by atoms with E-state index in [1.54, 1.807) is 12.5 Å². The molecule has 0 saturated carbocycles. The van der Waals surface area contributed by atoms with Crippen molar-refractivity contribution in [2.75, 3.05) is 26.2 Å². The number of nitrogens with zero attached hydrogens (tertiary/aromatic N) is 2. The molecule has 0 aliphatic carbocycles. The molecule has 0 fully saturated rings. The lowest BCUT2D eigenvalue weighted by molar-refractivity contribution is 0.397. The maximum atomic E-state index is 11.4. The predicted molar refractivity (Wildman–Crippen MR) is 45.0 cm³/mol. The summed E-state index contributed by atoms with van der Waals surface area (Å²) in [7, 11) is -0.0814. The highest BCUT2D eigenvalue weighted by Crippen LogP contribution is 2.11. The highest BCUT2D eigenvalue weighted by molar-refractivity contribution is 7.99. The summed E-state index contributed by atoms with van der Waals surface area (Å²) in [4.78, 5) is 2.00. The first-order valence-electron chi connectivity index (χ1n) is 3.21. The van der Waals surface area contributed by atoms with Crippen LogP contribution in [0, 0.1) is 0 Å². The molecule has 1 aliphatic heterocycles. The monoisotopic (exact) mass is 162 g/mol. The van der Waals surface area contributed by atoms with Crippen molar-refractivity contribution in [3.8, 4) is 0 Å². The average molecular weight is 162 g/mol. The minimum Gasteiger partial charge on any atom is -0.361 e. The van der Waals surface area contributed by atoms with Crippen molar-refractivity contribution in [3.63, 3.8) is 0 Å². The Kier molecular flexibility index (Phi) is 1.72. The molecule has 0 N–H and O–H groups in total. The van der Waals surface area contributed by atoms with Crippen LogP contribution in [0.1, 0.15) is 0 Å². The van der Waals surface area contributed by atoms with Crippen molar-refractivity contribution in [2.24, 2.45) is 0 Å². The lowest BCUT2D eigenvalue weighted by Crippen LogP contribution is -2.32.